The summed E-state index contributed by atoms with van der Waals surface area (Å²) >= 11 is 0. The van der Waals surface area contributed by atoms with Crippen molar-refractivity contribution in [3.05, 3.63) is 0 Å². The molecule has 0 spiro atoms. The normalized spacial score (nSPS) is 21.5. The molecule has 1 saturated heterocycles. The van der Waals surface area contributed by atoms with Crippen molar-refractivity contribution in [2.75, 3.05) is 26.7 Å². The summed E-state index contributed by atoms with van der Waals surface area (Å²) in [5.41, 5.74) is 4.80. The summed E-state index contributed by atoms with van der Waals surface area (Å²) in [4.78, 5) is 13.4. The molecule has 2 N–H and O–H groups in total. The first kappa shape index (κ1) is 17.2. The molecule has 0 bridgehead atoms. The Balaban J connectivity index is 2.27. The van der Waals surface area contributed by atoms with Gasteiger partial charge in [0.25, 0.3) is 0 Å². The van der Waals surface area contributed by atoms with Crippen LogP contribution in [0.5, 0.6) is 0 Å². The van der Waals surface area contributed by atoms with E-state index in [4.69, 9.17) is 5.73 Å². The monoisotopic (exact) mass is 296 g/mol. The highest BCUT2D eigenvalue weighted by atomic mass is 19.4. The van der Waals surface area contributed by atoms with E-state index in [0.717, 1.165) is 0 Å². The Morgan fingerprint density at radius 3 is 2.35 bits per heavy atom. The van der Waals surface area contributed by atoms with Crippen LogP contribution in [0, 0.1) is 5.92 Å². The van der Waals surface area contributed by atoms with Gasteiger partial charge in [-0.2, -0.15) is 13.2 Å². The number of methoxy groups -OCH3 is 1. The fourth-order valence-electron chi connectivity index (χ4n) is 2.49. The second-order valence-corrected chi connectivity index (χ2v) is 5.67. The number of piperidine rings is 1. The first-order valence-corrected chi connectivity index (χ1v) is 6.83. The highest BCUT2D eigenvalue weighted by Gasteiger charge is 2.41. The van der Waals surface area contributed by atoms with Gasteiger partial charge in [-0.15, -0.1) is 0 Å². The van der Waals surface area contributed by atoms with Crippen molar-refractivity contribution in [1.82, 2.24) is 4.90 Å². The average Bonchev–Trinajstić information content (AvgIpc) is 2.37. The maximum absolute atomic E-state index is 12.5. The molecular formula is C13H23F3N2O2. The number of hydrogen-bond acceptors (Lipinski definition) is 4. The molecule has 1 unspecified atom stereocenters. The molecule has 1 atom stereocenters. The van der Waals surface area contributed by atoms with E-state index in [9.17, 15) is 18.0 Å². The topological polar surface area (TPSA) is 55.6 Å². The van der Waals surface area contributed by atoms with Gasteiger partial charge in [0.2, 0.25) is 0 Å². The summed E-state index contributed by atoms with van der Waals surface area (Å²) in [6.45, 7) is 3.16. The van der Waals surface area contributed by atoms with Gasteiger partial charge < -0.3 is 15.4 Å². The Hall–Kier alpha value is -0.820. The lowest BCUT2D eigenvalue weighted by atomic mass is 9.94. The van der Waals surface area contributed by atoms with E-state index in [-0.39, 0.29) is 12.8 Å². The molecule has 0 radical (unpaired) electrons. The van der Waals surface area contributed by atoms with Gasteiger partial charge >= 0.3 is 12.1 Å². The third-order valence-corrected chi connectivity index (χ3v) is 3.87. The molecule has 0 aromatic heterocycles. The first-order valence-electron chi connectivity index (χ1n) is 6.83. The van der Waals surface area contributed by atoms with E-state index < -0.39 is 23.6 Å². The van der Waals surface area contributed by atoms with Crippen molar-refractivity contribution in [1.29, 1.82) is 0 Å². The third-order valence-electron chi connectivity index (χ3n) is 3.87. The van der Waals surface area contributed by atoms with Crippen LogP contribution in [-0.2, 0) is 9.53 Å². The van der Waals surface area contributed by atoms with Gasteiger partial charge in [0.15, 0.2) is 0 Å². The lowest BCUT2D eigenvalue weighted by Crippen LogP contribution is -2.46. The summed E-state index contributed by atoms with van der Waals surface area (Å²) < 4.78 is 42.2. The number of halogens is 3. The summed E-state index contributed by atoms with van der Waals surface area (Å²) in [6.07, 6.45) is -2.65. The van der Waals surface area contributed by atoms with E-state index in [1.54, 1.807) is 6.92 Å². The molecule has 4 nitrogen and oxygen atoms in total. The zero-order valence-corrected chi connectivity index (χ0v) is 12.0. The second kappa shape index (κ2) is 6.76. The molecule has 0 amide bonds. The number of rotatable bonds is 5. The lowest BCUT2D eigenvalue weighted by molar-refractivity contribution is -0.185. The molecule has 20 heavy (non-hydrogen) atoms. The van der Waals surface area contributed by atoms with Gasteiger partial charge in [-0.05, 0) is 52.2 Å². The minimum atomic E-state index is -4.08. The predicted molar refractivity (Wildman–Crippen MR) is 69.1 cm³/mol. The van der Waals surface area contributed by atoms with E-state index in [1.807, 2.05) is 4.90 Å². The number of carbonyl (C=O) groups excluding carboxylic acids is 1. The number of nitrogens with zero attached hydrogens (tertiary/aromatic N) is 1. The lowest BCUT2D eigenvalue weighted by Gasteiger charge is -2.33. The van der Waals surface area contributed by atoms with Crippen molar-refractivity contribution in [2.24, 2.45) is 11.7 Å². The largest absolute Gasteiger partial charge is 0.468 e. The minimum Gasteiger partial charge on any atom is -0.468 e. The summed E-state index contributed by atoms with van der Waals surface area (Å²) in [5.74, 6) is -1.64. The van der Waals surface area contributed by atoms with Gasteiger partial charge in [0.1, 0.15) is 5.54 Å². The molecule has 0 aromatic carbocycles. The van der Waals surface area contributed by atoms with Crippen LogP contribution in [0.25, 0.3) is 0 Å². The molecular weight excluding hydrogens is 273 g/mol. The van der Waals surface area contributed by atoms with E-state index in [2.05, 4.69) is 4.74 Å². The van der Waals surface area contributed by atoms with Gasteiger partial charge in [-0.1, -0.05) is 0 Å². The molecule has 1 heterocycles. The molecule has 1 aliphatic rings. The average molecular weight is 296 g/mol. The standard InChI is InChI=1S/C13H23F3N2O2/c1-12(17,11(19)20-2)6-3-7-18-8-4-10(5-9-18)13(14,15)16/h10H,3-9,17H2,1-2H3. The van der Waals surface area contributed by atoms with Crippen LogP contribution in [0.1, 0.15) is 32.6 Å². The Morgan fingerprint density at radius 2 is 1.90 bits per heavy atom. The van der Waals surface area contributed by atoms with E-state index >= 15 is 0 Å². The molecule has 0 aliphatic carbocycles. The minimum absolute atomic E-state index is 0.153. The van der Waals surface area contributed by atoms with Gasteiger partial charge in [0.05, 0.1) is 13.0 Å². The zero-order valence-electron chi connectivity index (χ0n) is 12.0. The van der Waals surface area contributed by atoms with Crippen molar-refractivity contribution in [3.8, 4) is 0 Å². The quantitative estimate of drug-likeness (QED) is 0.788. The Morgan fingerprint density at radius 1 is 1.35 bits per heavy atom. The Bertz CT molecular complexity index is 324. The maximum atomic E-state index is 12.5. The molecule has 0 aromatic rings. The van der Waals surface area contributed by atoms with Crippen LogP contribution in [0.3, 0.4) is 0 Å². The van der Waals surface area contributed by atoms with Crippen molar-refractivity contribution >= 4 is 5.97 Å². The highest BCUT2D eigenvalue weighted by Crippen LogP contribution is 2.34. The number of alkyl halides is 3. The smallest absolute Gasteiger partial charge is 0.391 e. The fourth-order valence-corrected chi connectivity index (χ4v) is 2.49. The van der Waals surface area contributed by atoms with Crippen LogP contribution < -0.4 is 5.73 Å². The van der Waals surface area contributed by atoms with E-state index in [0.29, 0.717) is 32.5 Å². The second-order valence-electron chi connectivity index (χ2n) is 5.67. The maximum Gasteiger partial charge on any atom is 0.391 e. The number of hydrogen-bond donors (Lipinski definition) is 1. The Labute approximate surface area is 117 Å². The Kier molecular flexibility index (Phi) is 5.82. The van der Waals surface area contributed by atoms with Gasteiger partial charge in [-0.3, -0.25) is 4.79 Å². The number of ether oxygens (including phenoxy) is 1. The first-order chi connectivity index (χ1) is 9.16. The fraction of sp³-hybridized carbons (Fsp3) is 0.923. The SMILES string of the molecule is COC(=O)C(C)(N)CCCN1CCC(C(F)(F)F)CC1. The zero-order chi connectivity index (χ0) is 15.4. The molecule has 118 valence electrons. The molecule has 0 saturated carbocycles. The predicted octanol–water partition coefficient (Wildman–Crippen LogP) is 1.93. The molecule has 7 heteroatoms. The number of esters is 1. The summed E-state index contributed by atoms with van der Waals surface area (Å²) in [5, 5.41) is 0. The number of likely N-dealkylation sites (tertiary alicyclic amines) is 1. The van der Waals surface area contributed by atoms with Crippen molar-refractivity contribution in [3.63, 3.8) is 0 Å². The number of carbonyl (C=O) groups is 1. The summed E-state index contributed by atoms with van der Waals surface area (Å²) in [7, 11) is 1.29. The summed E-state index contributed by atoms with van der Waals surface area (Å²) in [6, 6.07) is 0. The van der Waals surface area contributed by atoms with Crippen molar-refractivity contribution < 1.29 is 22.7 Å². The molecule has 1 rings (SSSR count). The van der Waals surface area contributed by atoms with Crippen LogP contribution in [0.4, 0.5) is 13.2 Å². The third kappa shape index (κ3) is 4.94. The van der Waals surface area contributed by atoms with Crippen LogP contribution in [-0.4, -0.2) is 49.3 Å². The van der Waals surface area contributed by atoms with Crippen LogP contribution >= 0.6 is 0 Å². The van der Waals surface area contributed by atoms with E-state index in [1.165, 1.54) is 7.11 Å². The molecule has 1 aliphatic heterocycles. The van der Waals surface area contributed by atoms with Crippen molar-refractivity contribution in [2.45, 2.75) is 44.3 Å². The van der Waals surface area contributed by atoms with Crippen LogP contribution in [0.15, 0.2) is 0 Å². The highest BCUT2D eigenvalue weighted by molar-refractivity contribution is 5.79. The van der Waals surface area contributed by atoms with Gasteiger partial charge in [0, 0.05) is 0 Å². The van der Waals surface area contributed by atoms with Crippen LogP contribution in [0.2, 0.25) is 0 Å². The number of nitrogens with two attached hydrogens (primary N) is 1. The van der Waals surface area contributed by atoms with Gasteiger partial charge in [-0.25, -0.2) is 0 Å². The molecule has 1 fully saturated rings.